The van der Waals surface area contributed by atoms with Gasteiger partial charge in [-0.05, 0) is 19.1 Å². The van der Waals surface area contributed by atoms with E-state index in [1.807, 2.05) is 6.07 Å². The fourth-order valence-electron chi connectivity index (χ4n) is 1.39. The Kier molecular flexibility index (Phi) is 5.16. The maximum absolute atomic E-state index is 11.8. The first-order chi connectivity index (χ1) is 8.20. The molecule has 5 heteroatoms. The van der Waals surface area contributed by atoms with Gasteiger partial charge in [-0.3, -0.25) is 4.79 Å². The van der Waals surface area contributed by atoms with Crippen molar-refractivity contribution >= 4 is 17.6 Å². The van der Waals surface area contributed by atoms with Gasteiger partial charge in [0.1, 0.15) is 0 Å². The molecule has 0 radical (unpaired) electrons. The summed E-state index contributed by atoms with van der Waals surface area (Å²) in [4.78, 5) is 24.5. The Hall–Kier alpha value is -1.88. The third-order valence-electron chi connectivity index (χ3n) is 2.12. The second-order valence-corrected chi connectivity index (χ2v) is 3.30. The minimum atomic E-state index is -0.857. The summed E-state index contributed by atoms with van der Waals surface area (Å²) in [7, 11) is 0. The molecule has 1 rings (SSSR count). The van der Waals surface area contributed by atoms with Gasteiger partial charge in [0, 0.05) is 18.8 Å². The zero-order valence-electron chi connectivity index (χ0n) is 9.76. The van der Waals surface area contributed by atoms with Gasteiger partial charge >= 0.3 is 11.9 Å². The van der Waals surface area contributed by atoms with Gasteiger partial charge in [-0.1, -0.05) is 18.2 Å². The van der Waals surface area contributed by atoms with Crippen LogP contribution in [0.4, 0.5) is 5.69 Å². The van der Waals surface area contributed by atoms with E-state index in [1.54, 1.807) is 31.2 Å². The molecule has 0 bridgehead atoms. The zero-order valence-corrected chi connectivity index (χ0v) is 9.76. The highest BCUT2D eigenvalue weighted by molar-refractivity contribution is 6.38. The van der Waals surface area contributed by atoms with Crippen LogP contribution in [0.15, 0.2) is 30.3 Å². The number of rotatable bonds is 4. The molecule has 5 nitrogen and oxygen atoms in total. The molecular formula is C12H16N2O3. The largest absolute Gasteiger partial charge is 0.459 e. The molecule has 0 saturated heterocycles. The van der Waals surface area contributed by atoms with Gasteiger partial charge in [-0.15, -0.1) is 0 Å². The average molecular weight is 236 g/mol. The third kappa shape index (κ3) is 3.57. The highest BCUT2D eigenvalue weighted by Gasteiger charge is 2.23. The molecule has 1 amide bonds. The molecule has 17 heavy (non-hydrogen) atoms. The Morgan fingerprint density at radius 1 is 1.29 bits per heavy atom. The minimum absolute atomic E-state index is 0.176. The Morgan fingerprint density at radius 3 is 2.47 bits per heavy atom. The van der Waals surface area contributed by atoms with Crippen LogP contribution in [-0.4, -0.2) is 31.6 Å². The number of nitrogens with zero attached hydrogens (tertiary/aromatic N) is 1. The van der Waals surface area contributed by atoms with Crippen LogP contribution < -0.4 is 10.6 Å². The van der Waals surface area contributed by atoms with Crippen molar-refractivity contribution in [1.82, 2.24) is 0 Å². The number of amides is 1. The molecule has 1 aromatic rings. The van der Waals surface area contributed by atoms with E-state index in [1.165, 1.54) is 4.90 Å². The highest BCUT2D eigenvalue weighted by atomic mass is 16.5. The first-order valence-corrected chi connectivity index (χ1v) is 5.44. The van der Waals surface area contributed by atoms with Crippen molar-refractivity contribution in [3.05, 3.63) is 30.3 Å². The molecule has 0 atom stereocenters. The molecule has 0 aromatic heterocycles. The van der Waals surface area contributed by atoms with Crippen molar-refractivity contribution in [2.24, 2.45) is 5.73 Å². The number of carbonyl (C=O) groups is 2. The van der Waals surface area contributed by atoms with Crippen LogP contribution in [0.3, 0.4) is 0 Å². The van der Waals surface area contributed by atoms with Gasteiger partial charge in [-0.25, -0.2) is 4.79 Å². The highest BCUT2D eigenvalue weighted by Crippen LogP contribution is 2.13. The van der Waals surface area contributed by atoms with Crippen LogP contribution in [-0.2, 0) is 14.3 Å². The molecule has 0 fully saturated rings. The lowest BCUT2D eigenvalue weighted by Gasteiger charge is -2.20. The summed E-state index contributed by atoms with van der Waals surface area (Å²) < 4.78 is 4.68. The number of nitrogens with two attached hydrogens (primary N) is 1. The first kappa shape index (κ1) is 13.2. The standard InChI is InChI=1S/C12H16N2O3/c1-2-17-12(16)11(15)14(9-8-13)10-6-4-3-5-7-10/h3-7H,2,8-9,13H2,1H3. The van der Waals surface area contributed by atoms with Gasteiger partial charge in [0.15, 0.2) is 0 Å². The topological polar surface area (TPSA) is 72.6 Å². The van der Waals surface area contributed by atoms with Gasteiger partial charge < -0.3 is 15.4 Å². The van der Waals surface area contributed by atoms with Gasteiger partial charge in [0.25, 0.3) is 0 Å². The number of anilines is 1. The molecule has 0 heterocycles. The van der Waals surface area contributed by atoms with Crippen molar-refractivity contribution in [3.63, 3.8) is 0 Å². The van der Waals surface area contributed by atoms with E-state index in [4.69, 9.17) is 5.73 Å². The zero-order chi connectivity index (χ0) is 12.7. The quantitative estimate of drug-likeness (QED) is 0.611. The lowest BCUT2D eigenvalue weighted by atomic mass is 10.3. The van der Waals surface area contributed by atoms with E-state index in [9.17, 15) is 9.59 Å². The molecule has 0 aliphatic heterocycles. The summed E-state index contributed by atoms with van der Waals surface area (Å²) in [6.45, 7) is 2.39. The second kappa shape index (κ2) is 6.65. The second-order valence-electron chi connectivity index (χ2n) is 3.30. The smallest absolute Gasteiger partial charge is 0.397 e. The van der Waals surface area contributed by atoms with E-state index < -0.39 is 11.9 Å². The predicted molar refractivity (Wildman–Crippen MR) is 64.5 cm³/mol. The predicted octanol–water partition coefficient (Wildman–Crippen LogP) is 0.541. The Labute approximate surface area is 100 Å². The molecule has 0 spiro atoms. The van der Waals surface area contributed by atoms with Crippen molar-refractivity contribution in [2.75, 3.05) is 24.6 Å². The van der Waals surface area contributed by atoms with E-state index in [0.29, 0.717) is 5.69 Å². The van der Waals surface area contributed by atoms with Crippen LogP contribution in [0, 0.1) is 0 Å². The molecule has 1 aromatic carbocycles. The summed E-state index contributed by atoms with van der Waals surface area (Å²) in [5.41, 5.74) is 6.07. The van der Waals surface area contributed by atoms with E-state index in [-0.39, 0.29) is 19.7 Å². The maximum Gasteiger partial charge on any atom is 0.397 e. The summed E-state index contributed by atoms with van der Waals surface area (Å²) in [6, 6.07) is 8.90. The molecule has 2 N–H and O–H groups in total. The van der Waals surface area contributed by atoms with Crippen LogP contribution in [0.2, 0.25) is 0 Å². The van der Waals surface area contributed by atoms with Gasteiger partial charge in [0.05, 0.1) is 6.61 Å². The molecule has 0 saturated carbocycles. The Balaban J connectivity index is 2.86. The van der Waals surface area contributed by atoms with Crippen LogP contribution in [0.25, 0.3) is 0 Å². The number of esters is 1. The van der Waals surface area contributed by atoms with Crippen molar-refractivity contribution in [2.45, 2.75) is 6.92 Å². The number of hydrogen-bond donors (Lipinski definition) is 1. The number of carbonyl (C=O) groups excluding carboxylic acids is 2. The van der Waals surface area contributed by atoms with Crippen molar-refractivity contribution < 1.29 is 14.3 Å². The molecular weight excluding hydrogens is 220 g/mol. The SMILES string of the molecule is CCOC(=O)C(=O)N(CCN)c1ccccc1. The number of benzene rings is 1. The summed E-state index contributed by atoms with van der Waals surface area (Å²) in [6.07, 6.45) is 0. The van der Waals surface area contributed by atoms with Gasteiger partial charge in [0.2, 0.25) is 0 Å². The monoisotopic (exact) mass is 236 g/mol. The lowest BCUT2D eigenvalue weighted by Crippen LogP contribution is -2.40. The van der Waals surface area contributed by atoms with Crippen LogP contribution in [0.1, 0.15) is 6.92 Å². The molecule has 0 aliphatic carbocycles. The van der Waals surface area contributed by atoms with Crippen molar-refractivity contribution in [1.29, 1.82) is 0 Å². The maximum atomic E-state index is 11.8. The summed E-state index contributed by atoms with van der Waals surface area (Å²) >= 11 is 0. The van der Waals surface area contributed by atoms with E-state index in [2.05, 4.69) is 4.74 Å². The lowest BCUT2D eigenvalue weighted by molar-refractivity contribution is -0.153. The fourth-order valence-corrected chi connectivity index (χ4v) is 1.39. The molecule has 0 aliphatic rings. The normalized spacial score (nSPS) is 9.76. The van der Waals surface area contributed by atoms with Crippen molar-refractivity contribution in [3.8, 4) is 0 Å². The fraction of sp³-hybridized carbons (Fsp3) is 0.333. The minimum Gasteiger partial charge on any atom is -0.459 e. The van der Waals surface area contributed by atoms with E-state index in [0.717, 1.165) is 0 Å². The number of para-hydroxylation sites is 1. The third-order valence-corrected chi connectivity index (χ3v) is 2.12. The molecule has 92 valence electrons. The summed E-state index contributed by atoms with van der Waals surface area (Å²) in [5.74, 6) is -1.55. The number of ether oxygens (including phenoxy) is 1. The Morgan fingerprint density at radius 2 is 1.94 bits per heavy atom. The Bertz CT molecular complexity index is 379. The van der Waals surface area contributed by atoms with Crippen LogP contribution >= 0.6 is 0 Å². The summed E-state index contributed by atoms with van der Waals surface area (Å²) in [5, 5.41) is 0. The average Bonchev–Trinajstić information content (AvgIpc) is 2.36. The van der Waals surface area contributed by atoms with Gasteiger partial charge in [-0.2, -0.15) is 0 Å². The molecule has 0 unspecified atom stereocenters. The first-order valence-electron chi connectivity index (χ1n) is 5.44. The number of hydrogen-bond acceptors (Lipinski definition) is 4. The van der Waals surface area contributed by atoms with Crippen LogP contribution in [0.5, 0.6) is 0 Å². The van der Waals surface area contributed by atoms with E-state index >= 15 is 0 Å².